The van der Waals surface area contributed by atoms with Crippen molar-refractivity contribution in [2.24, 2.45) is 5.92 Å². The summed E-state index contributed by atoms with van der Waals surface area (Å²) in [7, 11) is 0. The molecule has 3 rings (SSSR count). The van der Waals surface area contributed by atoms with Gasteiger partial charge in [-0.2, -0.15) is 0 Å². The third-order valence-corrected chi connectivity index (χ3v) is 4.54. The van der Waals surface area contributed by atoms with E-state index in [0.29, 0.717) is 16.1 Å². The number of halogens is 4. The first kappa shape index (κ1) is 20.0. The summed E-state index contributed by atoms with van der Waals surface area (Å²) < 4.78 is 40.9. The lowest BCUT2D eigenvalue weighted by atomic mass is 9.97. The van der Waals surface area contributed by atoms with Crippen molar-refractivity contribution >= 4 is 23.4 Å². The summed E-state index contributed by atoms with van der Waals surface area (Å²) in [6.07, 6.45) is -4.69. The van der Waals surface area contributed by atoms with Gasteiger partial charge in [-0.25, -0.2) is 0 Å². The molecule has 2 N–H and O–H groups in total. The molecule has 28 heavy (non-hydrogen) atoms. The molecule has 9 heteroatoms. The van der Waals surface area contributed by atoms with Gasteiger partial charge in [-0.05, 0) is 35.4 Å². The minimum absolute atomic E-state index is 0.0948. The van der Waals surface area contributed by atoms with E-state index >= 15 is 0 Å². The second-order valence-corrected chi connectivity index (χ2v) is 6.75. The molecule has 2 amide bonds. The van der Waals surface area contributed by atoms with Crippen molar-refractivity contribution < 1.29 is 27.5 Å². The van der Waals surface area contributed by atoms with Crippen LogP contribution in [-0.2, 0) is 9.59 Å². The highest BCUT2D eigenvalue weighted by Crippen LogP contribution is 2.28. The van der Waals surface area contributed by atoms with Crippen LogP contribution in [0.2, 0.25) is 5.02 Å². The van der Waals surface area contributed by atoms with Crippen molar-refractivity contribution in [2.75, 3.05) is 6.54 Å². The number of carbonyl (C=O) groups is 2. The Morgan fingerprint density at radius 3 is 2.18 bits per heavy atom. The van der Waals surface area contributed by atoms with Crippen molar-refractivity contribution in [2.45, 2.75) is 18.8 Å². The number of carbonyl (C=O) groups excluding carboxylic acids is 2. The summed E-state index contributed by atoms with van der Waals surface area (Å²) in [5, 5.41) is 5.97. The average Bonchev–Trinajstić information content (AvgIpc) is 3.06. The van der Waals surface area contributed by atoms with Gasteiger partial charge in [0.25, 0.3) is 0 Å². The van der Waals surface area contributed by atoms with Crippen LogP contribution in [0.15, 0.2) is 48.5 Å². The normalized spacial score (nSPS) is 17.7. The Kier molecular flexibility index (Phi) is 5.79. The van der Waals surface area contributed by atoms with Crippen molar-refractivity contribution in [3.63, 3.8) is 0 Å². The van der Waals surface area contributed by atoms with Gasteiger partial charge in [0.15, 0.2) is 0 Å². The maximum absolute atomic E-state index is 12.6. The van der Waals surface area contributed by atoms with E-state index in [2.05, 4.69) is 15.4 Å². The predicted octanol–water partition coefficient (Wildman–Crippen LogP) is 3.58. The molecule has 148 valence electrons. The smallest absolute Gasteiger partial charge is 0.406 e. The van der Waals surface area contributed by atoms with Crippen LogP contribution in [0.3, 0.4) is 0 Å². The Hall–Kier alpha value is -2.74. The number of hydrogen-bond acceptors (Lipinski definition) is 3. The first-order valence-electron chi connectivity index (χ1n) is 8.39. The van der Waals surface area contributed by atoms with Gasteiger partial charge in [-0.3, -0.25) is 9.59 Å². The molecule has 2 aromatic rings. The van der Waals surface area contributed by atoms with Crippen molar-refractivity contribution in [1.82, 2.24) is 10.6 Å². The molecule has 0 aromatic heterocycles. The van der Waals surface area contributed by atoms with E-state index in [-0.39, 0.29) is 30.5 Å². The van der Waals surface area contributed by atoms with Crippen LogP contribution in [0, 0.1) is 5.92 Å². The van der Waals surface area contributed by atoms with Crippen molar-refractivity contribution in [3.05, 3.63) is 64.7 Å². The van der Waals surface area contributed by atoms with Crippen molar-refractivity contribution in [1.29, 1.82) is 0 Å². The van der Waals surface area contributed by atoms with Crippen LogP contribution in [0.1, 0.15) is 23.6 Å². The molecule has 0 spiro atoms. The van der Waals surface area contributed by atoms with Crippen molar-refractivity contribution in [3.8, 4) is 5.75 Å². The number of ether oxygens (including phenoxy) is 1. The van der Waals surface area contributed by atoms with Gasteiger partial charge in [-0.1, -0.05) is 35.9 Å². The molecule has 2 atom stereocenters. The van der Waals surface area contributed by atoms with E-state index in [9.17, 15) is 22.8 Å². The zero-order valence-electron chi connectivity index (χ0n) is 14.4. The average molecular weight is 413 g/mol. The third-order valence-electron chi connectivity index (χ3n) is 4.29. The Labute approximate surface area is 163 Å². The molecule has 2 aromatic carbocycles. The summed E-state index contributed by atoms with van der Waals surface area (Å²) in [6.45, 7) is 0.246. The minimum Gasteiger partial charge on any atom is -0.406 e. The molecule has 0 saturated carbocycles. The van der Waals surface area contributed by atoms with Gasteiger partial charge in [0.2, 0.25) is 11.8 Å². The van der Waals surface area contributed by atoms with Gasteiger partial charge in [-0.15, -0.1) is 13.2 Å². The minimum atomic E-state index is -4.78. The van der Waals surface area contributed by atoms with E-state index in [4.69, 9.17) is 11.6 Å². The molecular weight excluding hydrogens is 397 g/mol. The zero-order valence-corrected chi connectivity index (χ0v) is 15.2. The summed E-state index contributed by atoms with van der Waals surface area (Å²) in [5.74, 6) is -1.39. The summed E-state index contributed by atoms with van der Waals surface area (Å²) in [5.41, 5.74) is 1.25. The lowest BCUT2D eigenvalue weighted by Gasteiger charge is -2.22. The van der Waals surface area contributed by atoms with Gasteiger partial charge in [0.1, 0.15) is 5.75 Å². The highest BCUT2D eigenvalue weighted by molar-refractivity contribution is 6.30. The number of benzene rings is 2. The van der Waals surface area contributed by atoms with Crippen LogP contribution in [0.5, 0.6) is 5.75 Å². The summed E-state index contributed by atoms with van der Waals surface area (Å²) in [4.78, 5) is 23.9. The lowest BCUT2D eigenvalue weighted by Crippen LogP contribution is -2.35. The second kappa shape index (κ2) is 8.10. The van der Waals surface area contributed by atoms with Gasteiger partial charge < -0.3 is 15.4 Å². The first-order chi connectivity index (χ1) is 13.2. The van der Waals surface area contributed by atoms with E-state index in [0.717, 1.165) is 0 Å². The molecule has 1 aliphatic heterocycles. The molecule has 0 bridgehead atoms. The second-order valence-electron chi connectivity index (χ2n) is 6.32. The third kappa shape index (κ3) is 5.16. The molecule has 5 nitrogen and oxygen atoms in total. The Bertz CT molecular complexity index is 854. The predicted molar refractivity (Wildman–Crippen MR) is 95.7 cm³/mol. The van der Waals surface area contributed by atoms with E-state index in [1.54, 1.807) is 24.3 Å². The van der Waals surface area contributed by atoms with Gasteiger partial charge in [0, 0.05) is 18.0 Å². The van der Waals surface area contributed by atoms with E-state index in [1.807, 2.05) is 0 Å². The molecular formula is C19H16ClF3N2O3. The topological polar surface area (TPSA) is 67.4 Å². The SMILES string of the molecule is O=C1C[C@H](C(=O)N[C@H](c2ccc(Cl)cc2)c2ccc(OC(F)(F)F)cc2)CN1. The monoisotopic (exact) mass is 412 g/mol. The fourth-order valence-corrected chi connectivity index (χ4v) is 3.05. The van der Waals surface area contributed by atoms with Crippen LogP contribution in [0.4, 0.5) is 13.2 Å². The molecule has 0 aliphatic carbocycles. The van der Waals surface area contributed by atoms with Gasteiger partial charge in [0.05, 0.1) is 12.0 Å². The highest BCUT2D eigenvalue weighted by Gasteiger charge is 2.32. The van der Waals surface area contributed by atoms with Crippen LogP contribution < -0.4 is 15.4 Å². The highest BCUT2D eigenvalue weighted by atomic mass is 35.5. The molecule has 1 fully saturated rings. The number of hydrogen-bond donors (Lipinski definition) is 2. The maximum Gasteiger partial charge on any atom is 0.573 e. The fourth-order valence-electron chi connectivity index (χ4n) is 2.93. The van der Waals surface area contributed by atoms with E-state index < -0.39 is 18.3 Å². The zero-order chi connectivity index (χ0) is 20.3. The standard InChI is InChI=1S/C19H16ClF3N2O3/c20-14-5-1-11(2-6-14)17(25-18(27)13-9-16(26)24-10-13)12-3-7-15(8-4-12)28-19(21,22)23/h1-8,13,17H,9-10H2,(H,24,26)(H,25,27)/t13-,17+/m0/s1. The van der Waals surface area contributed by atoms with Crippen LogP contribution >= 0.6 is 11.6 Å². The molecule has 1 heterocycles. The van der Waals surface area contributed by atoms with Gasteiger partial charge >= 0.3 is 6.36 Å². The number of nitrogens with one attached hydrogen (secondary N) is 2. The molecule has 0 unspecified atom stereocenters. The molecule has 0 radical (unpaired) electrons. The summed E-state index contributed by atoms with van der Waals surface area (Å²) >= 11 is 5.91. The first-order valence-corrected chi connectivity index (χ1v) is 8.77. The van der Waals surface area contributed by atoms with E-state index in [1.165, 1.54) is 24.3 Å². The number of alkyl halides is 3. The molecule has 1 aliphatic rings. The van der Waals surface area contributed by atoms with Crippen LogP contribution in [0.25, 0.3) is 0 Å². The number of rotatable bonds is 5. The Balaban J connectivity index is 1.84. The summed E-state index contributed by atoms with van der Waals surface area (Å²) in [6, 6.07) is 11.3. The Morgan fingerprint density at radius 2 is 1.68 bits per heavy atom. The molecule has 1 saturated heterocycles. The largest absolute Gasteiger partial charge is 0.573 e. The van der Waals surface area contributed by atoms with Crippen LogP contribution in [-0.4, -0.2) is 24.7 Å². The quantitative estimate of drug-likeness (QED) is 0.788. The maximum atomic E-state index is 12.6. The Morgan fingerprint density at radius 1 is 1.11 bits per heavy atom. The lowest BCUT2D eigenvalue weighted by molar-refractivity contribution is -0.274. The fraction of sp³-hybridized carbons (Fsp3) is 0.263. The number of amides is 2.